The lowest BCUT2D eigenvalue weighted by molar-refractivity contribution is -0.143. The van der Waals surface area contributed by atoms with Gasteiger partial charge in [-0.15, -0.1) is 0 Å². The van der Waals surface area contributed by atoms with Crippen molar-refractivity contribution >= 4 is 21.9 Å². The van der Waals surface area contributed by atoms with Crippen LogP contribution in [0.1, 0.15) is 37.7 Å². The molecule has 7 nitrogen and oxygen atoms in total. The molecule has 2 aliphatic rings. The van der Waals surface area contributed by atoms with Crippen molar-refractivity contribution in [3.63, 3.8) is 0 Å². The Labute approximate surface area is 159 Å². The van der Waals surface area contributed by atoms with Gasteiger partial charge in [0.1, 0.15) is 6.04 Å². The number of sulfonamides is 1. The lowest BCUT2D eigenvalue weighted by atomic mass is 9.98. The van der Waals surface area contributed by atoms with Crippen LogP contribution < -0.4 is 5.32 Å². The van der Waals surface area contributed by atoms with Crippen LogP contribution in [0, 0.1) is 18.8 Å². The Balaban J connectivity index is 1.66. The molecule has 1 aromatic carbocycles. The Morgan fingerprint density at radius 3 is 2.48 bits per heavy atom. The van der Waals surface area contributed by atoms with Crippen LogP contribution in [0.25, 0.3) is 0 Å². The van der Waals surface area contributed by atoms with E-state index >= 15 is 0 Å². The molecular formula is C19H26N2O5S. The molecule has 8 heteroatoms. The summed E-state index contributed by atoms with van der Waals surface area (Å²) in [5.74, 6) is -1.56. The summed E-state index contributed by atoms with van der Waals surface area (Å²) in [7, 11) is -3.66. The molecule has 0 bridgehead atoms. The number of carboxylic acid groups (broad SMARTS) is 1. The number of nitrogens with one attached hydrogen (secondary N) is 1. The summed E-state index contributed by atoms with van der Waals surface area (Å²) in [5.41, 5.74) is 0.972. The maximum absolute atomic E-state index is 12.9. The monoisotopic (exact) mass is 394 g/mol. The number of piperidine rings is 1. The maximum atomic E-state index is 12.9. The third-order valence-electron chi connectivity index (χ3n) is 5.29. The number of rotatable bonds is 7. The van der Waals surface area contributed by atoms with Gasteiger partial charge in [0.2, 0.25) is 15.9 Å². The van der Waals surface area contributed by atoms with E-state index in [4.69, 9.17) is 0 Å². The topological polar surface area (TPSA) is 104 Å². The molecule has 2 N–H and O–H groups in total. The fourth-order valence-corrected chi connectivity index (χ4v) is 4.96. The van der Waals surface area contributed by atoms with Crippen LogP contribution in [0.4, 0.5) is 0 Å². The third-order valence-corrected chi connectivity index (χ3v) is 7.17. The molecule has 0 spiro atoms. The summed E-state index contributed by atoms with van der Waals surface area (Å²) in [6, 6.07) is 5.75. The summed E-state index contributed by atoms with van der Waals surface area (Å²) in [5, 5.41) is 11.9. The Kier molecular flexibility index (Phi) is 5.86. The smallest absolute Gasteiger partial charge is 0.326 e. The summed E-state index contributed by atoms with van der Waals surface area (Å²) in [6.07, 6.45) is 3.58. The standard InChI is InChI=1S/C19H26N2O5S/c1-13-4-8-16(9-5-13)27(25,26)21-10-2-3-15(12-21)18(22)20-17(19(23)24)11-14-6-7-14/h4-5,8-9,14-15,17H,2-3,6-7,10-12H2,1H3,(H,20,22)(H,23,24). The van der Waals surface area contributed by atoms with Gasteiger partial charge in [-0.2, -0.15) is 4.31 Å². The normalized spacial score (nSPS) is 22.2. The Bertz CT molecular complexity index is 802. The van der Waals surface area contributed by atoms with Crippen molar-refractivity contribution < 1.29 is 23.1 Å². The Morgan fingerprint density at radius 1 is 1.22 bits per heavy atom. The van der Waals surface area contributed by atoms with E-state index < -0.39 is 28.0 Å². The van der Waals surface area contributed by atoms with Gasteiger partial charge >= 0.3 is 5.97 Å². The molecule has 1 aliphatic carbocycles. The second kappa shape index (κ2) is 7.98. The van der Waals surface area contributed by atoms with Gasteiger partial charge in [-0.05, 0) is 44.2 Å². The fraction of sp³-hybridized carbons (Fsp3) is 0.579. The number of aryl methyl sites for hydroxylation is 1. The number of benzene rings is 1. The van der Waals surface area contributed by atoms with Crippen LogP contribution in [0.5, 0.6) is 0 Å². The van der Waals surface area contributed by atoms with E-state index in [9.17, 15) is 23.1 Å². The van der Waals surface area contributed by atoms with E-state index in [1.807, 2.05) is 6.92 Å². The fourth-order valence-electron chi connectivity index (χ4n) is 3.43. The van der Waals surface area contributed by atoms with Gasteiger partial charge in [0.25, 0.3) is 0 Å². The van der Waals surface area contributed by atoms with Crippen molar-refractivity contribution in [3.8, 4) is 0 Å². The first kappa shape index (κ1) is 19.8. The van der Waals surface area contributed by atoms with Crippen molar-refractivity contribution in [1.29, 1.82) is 0 Å². The maximum Gasteiger partial charge on any atom is 0.326 e. The van der Waals surface area contributed by atoms with E-state index in [1.165, 1.54) is 4.31 Å². The summed E-state index contributed by atoms with van der Waals surface area (Å²) >= 11 is 0. The number of carbonyl (C=O) groups excluding carboxylic acids is 1. The zero-order valence-corrected chi connectivity index (χ0v) is 16.2. The molecule has 1 aliphatic heterocycles. The molecule has 2 atom stereocenters. The molecule has 3 rings (SSSR count). The number of hydrogen-bond donors (Lipinski definition) is 2. The van der Waals surface area contributed by atoms with Gasteiger partial charge in [-0.3, -0.25) is 4.79 Å². The van der Waals surface area contributed by atoms with Crippen molar-refractivity contribution in [1.82, 2.24) is 9.62 Å². The highest BCUT2D eigenvalue weighted by molar-refractivity contribution is 7.89. The minimum absolute atomic E-state index is 0.0812. The predicted octanol–water partition coefficient (Wildman–Crippen LogP) is 1.77. The van der Waals surface area contributed by atoms with Gasteiger partial charge in [0.05, 0.1) is 10.8 Å². The number of nitrogens with zero attached hydrogens (tertiary/aromatic N) is 1. The molecule has 27 heavy (non-hydrogen) atoms. The van der Waals surface area contributed by atoms with E-state index in [0.29, 0.717) is 31.7 Å². The quantitative estimate of drug-likeness (QED) is 0.733. The van der Waals surface area contributed by atoms with Crippen molar-refractivity contribution in [2.45, 2.75) is 50.0 Å². The highest BCUT2D eigenvalue weighted by atomic mass is 32.2. The van der Waals surface area contributed by atoms with Crippen LogP contribution in [-0.4, -0.2) is 48.8 Å². The second-order valence-corrected chi connectivity index (χ2v) is 9.53. The molecule has 148 valence electrons. The highest BCUT2D eigenvalue weighted by Crippen LogP contribution is 2.33. The van der Waals surface area contributed by atoms with Crippen LogP contribution in [-0.2, 0) is 19.6 Å². The van der Waals surface area contributed by atoms with E-state index in [1.54, 1.807) is 24.3 Å². The zero-order chi connectivity index (χ0) is 19.6. The molecule has 1 saturated carbocycles. The largest absolute Gasteiger partial charge is 0.480 e. The number of carboxylic acids is 1. The second-order valence-electron chi connectivity index (χ2n) is 7.59. The zero-order valence-electron chi connectivity index (χ0n) is 15.4. The van der Waals surface area contributed by atoms with Crippen molar-refractivity contribution in [3.05, 3.63) is 29.8 Å². The molecule has 1 amide bonds. The molecule has 2 unspecified atom stereocenters. The molecule has 2 fully saturated rings. The van der Waals surface area contributed by atoms with Gasteiger partial charge in [0, 0.05) is 13.1 Å². The molecule has 0 aromatic heterocycles. The van der Waals surface area contributed by atoms with Crippen LogP contribution >= 0.6 is 0 Å². The average Bonchev–Trinajstić information content (AvgIpc) is 3.45. The van der Waals surface area contributed by atoms with E-state index in [0.717, 1.165) is 18.4 Å². The molecule has 1 heterocycles. The lowest BCUT2D eigenvalue weighted by Crippen LogP contribution is -2.49. The SMILES string of the molecule is Cc1ccc(S(=O)(=O)N2CCCC(C(=O)NC(CC3CC3)C(=O)O)C2)cc1. The number of hydrogen-bond acceptors (Lipinski definition) is 4. The Morgan fingerprint density at radius 2 is 1.89 bits per heavy atom. The number of amides is 1. The van der Waals surface area contributed by atoms with Gasteiger partial charge in [-0.1, -0.05) is 30.5 Å². The van der Waals surface area contributed by atoms with Crippen molar-refractivity contribution in [2.24, 2.45) is 11.8 Å². The van der Waals surface area contributed by atoms with Gasteiger partial charge < -0.3 is 10.4 Å². The number of aliphatic carboxylic acids is 1. The minimum Gasteiger partial charge on any atom is -0.480 e. The van der Waals surface area contributed by atoms with Gasteiger partial charge in [0.15, 0.2) is 0 Å². The molecule has 1 aromatic rings. The van der Waals surface area contributed by atoms with Crippen molar-refractivity contribution in [2.75, 3.05) is 13.1 Å². The van der Waals surface area contributed by atoms with Crippen LogP contribution in [0.3, 0.4) is 0 Å². The average molecular weight is 394 g/mol. The van der Waals surface area contributed by atoms with E-state index in [2.05, 4.69) is 5.32 Å². The van der Waals surface area contributed by atoms with Gasteiger partial charge in [-0.25, -0.2) is 13.2 Å². The minimum atomic E-state index is -3.66. The van der Waals surface area contributed by atoms with Crippen LogP contribution in [0.15, 0.2) is 29.2 Å². The lowest BCUT2D eigenvalue weighted by Gasteiger charge is -2.31. The number of carbonyl (C=O) groups is 2. The first-order chi connectivity index (χ1) is 12.8. The summed E-state index contributed by atoms with van der Waals surface area (Å²) in [4.78, 5) is 24.2. The third kappa shape index (κ3) is 4.87. The first-order valence-corrected chi connectivity index (χ1v) is 10.8. The van der Waals surface area contributed by atoms with E-state index in [-0.39, 0.29) is 17.3 Å². The molecular weight excluding hydrogens is 368 g/mol. The molecule has 1 saturated heterocycles. The molecule has 0 radical (unpaired) electrons. The van der Waals surface area contributed by atoms with Crippen LogP contribution in [0.2, 0.25) is 0 Å². The Hall–Kier alpha value is -1.93. The first-order valence-electron chi connectivity index (χ1n) is 9.37. The summed E-state index contributed by atoms with van der Waals surface area (Å²) in [6.45, 7) is 2.33. The highest BCUT2D eigenvalue weighted by Gasteiger charge is 2.36. The summed E-state index contributed by atoms with van der Waals surface area (Å²) < 4.78 is 27.0. The predicted molar refractivity (Wildman–Crippen MR) is 99.6 cm³/mol.